The van der Waals surface area contributed by atoms with E-state index in [0.29, 0.717) is 0 Å². The summed E-state index contributed by atoms with van der Waals surface area (Å²) in [5, 5.41) is 1.22. The SMILES string of the molecule is CCC[CH2][Sn+]([CH2]CCC)[CH2]CCC.c1ccc2[n-]ccc2c1. The predicted molar refractivity (Wildman–Crippen MR) is 102 cm³/mol. The number of hydrogen-bond donors (Lipinski definition) is 0. The van der Waals surface area contributed by atoms with Crippen LogP contribution in [0.25, 0.3) is 10.9 Å². The van der Waals surface area contributed by atoms with Crippen LogP contribution in [0.3, 0.4) is 0 Å². The van der Waals surface area contributed by atoms with Gasteiger partial charge in [0.05, 0.1) is 0 Å². The van der Waals surface area contributed by atoms with E-state index >= 15 is 0 Å². The maximum Gasteiger partial charge on any atom is -0.0422 e. The number of aromatic nitrogens is 1. The van der Waals surface area contributed by atoms with Gasteiger partial charge in [-0.15, -0.1) is 5.52 Å². The van der Waals surface area contributed by atoms with Gasteiger partial charge in [0, 0.05) is 0 Å². The first kappa shape index (κ1) is 19.6. The maximum atomic E-state index is 4.12. The number of benzene rings is 1. The van der Waals surface area contributed by atoms with Gasteiger partial charge in [0.25, 0.3) is 0 Å². The summed E-state index contributed by atoms with van der Waals surface area (Å²) in [5.41, 5.74) is 1.08. The smallest absolute Gasteiger partial charge is 0.0422 e. The van der Waals surface area contributed by atoms with Crippen LogP contribution in [0.15, 0.2) is 36.5 Å². The monoisotopic (exact) mass is 407 g/mol. The first-order valence-electron chi connectivity index (χ1n) is 9.11. The average molecular weight is 406 g/mol. The number of fused-ring (bicyclic) bond motifs is 1. The third kappa shape index (κ3) is 8.26. The summed E-state index contributed by atoms with van der Waals surface area (Å²) in [6.07, 6.45) is 10.7. The molecule has 1 aromatic heterocycles. The molecule has 0 aliphatic heterocycles. The van der Waals surface area contributed by atoms with E-state index in [1.807, 2.05) is 30.5 Å². The minimum Gasteiger partial charge on any atom is -0.664 e. The summed E-state index contributed by atoms with van der Waals surface area (Å²) < 4.78 is 5.04. The summed E-state index contributed by atoms with van der Waals surface area (Å²) in [7, 11) is 0. The predicted octanol–water partition coefficient (Wildman–Crippen LogP) is 6.68. The first-order valence-corrected chi connectivity index (χ1v) is 15.2. The molecule has 22 heavy (non-hydrogen) atoms. The van der Waals surface area contributed by atoms with Crippen molar-refractivity contribution >= 4 is 30.7 Å². The molecule has 0 aliphatic carbocycles. The Morgan fingerprint density at radius 1 is 0.773 bits per heavy atom. The van der Waals surface area contributed by atoms with Gasteiger partial charge in [-0.3, -0.25) is 0 Å². The van der Waals surface area contributed by atoms with Crippen LogP contribution in [0, 0.1) is 0 Å². The van der Waals surface area contributed by atoms with E-state index in [-0.39, 0.29) is 0 Å². The number of nitrogens with zero attached hydrogens (tertiary/aromatic N) is 1. The Morgan fingerprint density at radius 3 is 1.82 bits per heavy atom. The first-order chi connectivity index (χ1) is 10.8. The molecule has 0 atom stereocenters. The van der Waals surface area contributed by atoms with Crippen molar-refractivity contribution in [1.82, 2.24) is 4.98 Å². The molecular weight excluding hydrogens is 373 g/mol. The Kier molecular flexibility index (Phi) is 11.6. The zero-order valence-electron chi connectivity index (χ0n) is 14.8. The molecule has 2 aromatic rings. The fraction of sp³-hybridized carbons (Fsp3) is 0.600. The molecule has 0 fully saturated rings. The zero-order valence-corrected chi connectivity index (χ0v) is 17.6. The van der Waals surface area contributed by atoms with Gasteiger partial charge in [0.1, 0.15) is 0 Å². The van der Waals surface area contributed by atoms with Crippen molar-refractivity contribution in [3.05, 3.63) is 36.5 Å². The van der Waals surface area contributed by atoms with E-state index in [9.17, 15) is 0 Å². The Hall–Kier alpha value is -0.441. The zero-order chi connectivity index (χ0) is 16.0. The van der Waals surface area contributed by atoms with Crippen molar-refractivity contribution in [3.8, 4) is 0 Å². The molecule has 2 heteroatoms. The molecule has 2 rings (SSSR count). The molecule has 0 amide bonds. The molecule has 0 saturated heterocycles. The van der Waals surface area contributed by atoms with E-state index in [0.717, 1.165) is 5.52 Å². The van der Waals surface area contributed by atoms with Gasteiger partial charge in [-0.2, -0.15) is 6.20 Å². The van der Waals surface area contributed by atoms with Crippen LogP contribution in [-0.2, 0) is 0 Å². The summed E-state index contributed by atoms with van der Waals surface area (Å²) in [6, 6.07) is 10.1. The second-order valence-corrected chi connectivity index (χ2v) is 14.6. The average Bonchev–Trinajstić information content (AvgIpc) is 3.03. The van der Waals surface area contributed by atoms with Crippen LogP contribution < -0.4 is 4.98 Å². The quantitative estimate of drug-likeness (QED) is 0.424. The van der Waals surface area contributed by atoms with E-state index in [1.165, 1.54) is 43.9 Å². The molecule has 1 aromatic carbocycles. The van der Waals surface area contributed by atoms with Gasteiger partial charge in [0.15, 0.2) is 0 Å². The van der Waals surface area contributed by atoms with Crippen LogP contribution in [-0.4, -0.2) is 19.8 Å². The Morgan fingerprint density at radius 2 is 1.32 bits per heavy atom. The van der Waals surface area contributed by atoms with Gasteiger partial charge in [0.2, 0.25) is 0 Å². The molecule has 122 valence electrons. The molecule has 0 N–H and O–H groups in total. The van der Waals surface area contributed by atoms with Crippen molar-refractivity contribution < 1.29 is 0 Å². The molecule has 0 saturated carbocycles. The van der Waals surface area contributed by atoms with Crippen molar-refractivity contribution in [2.45, 2.75) is 72.6 Å². The van der Waals surface area contributed by atoms with Crippen molar-refractivity contribution in [2.24, 2.45) is 0 Å². The van der Waals surface area contributed by atoms with Crippen LogP contribution in [0.2, 0.25) is 13.3 Å². The van der Waals surface area contributed by atoms with Crippen LogP contribution in [0.5, 0.6) is 0 Å². The van der Waals surface area contributed by atoms with E-state index in [2.05, 4.69) is 31.8 Å². The van der Waals surface area contributed by atoms with Gasteiger partial charge in [-0.05, 0) is 5.39 Å². The third-order valence-electron chi connectivity index (χ3n) is 4.06. The van der Waals surface area contributed by atoms with Gasteiger partial charge in [-0.25, -0.2) is 0 Å². The Bertz CT molecular complexity index is 428. The van der Waals surface area contributed by atoms with Crippen LogP contribution in [0.4, 0.5) is 0 Å². The summed E-state index contributed by atoms with van der Waals surface area (Å²) in [6.45, 7) is 7.00. The van der Waals surface area contributed by atoms with Crippen molar-refractivity contribution in [2.75, 3.05) is 0 Å². The molecule has 1 nitrogen and oxygen atoms in total. The number of unbranched alkanes of at least 4 members (excludes halogenated alkanes) is 3. The van der Waals surface area contributed by atoms with Crippen LogP contribution in [0.1, 0.15) is 59.3 Å². The van der Waals surface area contributed by atoms with Gasteiger partial charge < -0.3 is 4.98 Å². The van der Waals surface area contributed by atoms with Crippen LogP contribution >= 0.6 is 0 Å². The molecule has 1 heterocycles. The molecule has 0 aliphatic rings. The van der Waals surface area contributed by atoms with Gasteiger partial charge in [-0.1, -0.05) is 30.3 Å². The van der Waals surface area contributed by atoms with Gasteiger partial charge >= 0.3 is 92.4 Å². The van der Waals surface area contributed by atoms with E-state index < -0.39 is 19.8 Å². The maximum absolute atomic E-state index is 4.12. The second-order valence-electron chi connectivity index (χ2n) is 6.06. The van der Waals surface area contributed by atoms with E-state index in [4.69, 9.17) is 0 Å². The number of para-hydroxylation sites is 1. The number of hydrogen-bond acceptors (Lipinski definition) is 0. The van der Waals surface area contributed by atoms with Crippen molar-refractivity contribution in [1.29, 1.82) is 0 Å². The molecule has 0 unspecified atom stereocenters. The molecule has 0 radical (unpaired) electrons. The molecular formula is C20H33NSn. The summed E-state index contributed by atoms with van der Waals surface area (Å²) in [4.78, 5) is 4.12. The third-order valence-corrected chi connectivity index (χ3v) is 13.1. The van der Waals surface area contributed by atoms with E-state index in [1.54, 1.807) is 13.3 Å². The fourth-order valence-corrected chi connectivity index (χ4v) is 12.0. The molecule has 0 spiro atoms. The Balaban J connectivity index is 0.000000231. The summed E-state index contributed by atoms with van der Waals surface area (Å²) >= 11 is -0.839. The fourth-order valence-electron chi connectivity index (χ4n) is 2.60. The standard InChI is InChI=1S/C8H6N.3C4H9.Sn/c1-2-4-8-7(3-1)5-6-9-8;3*1-3-4-2;/h1-6H;3*1,3-4H2,2H3;/q-1;;;;+1. The largest absolute Gasteiger partial charge is 0.664 e. The minimum absolute atomic E-state index is 0.839. The topological polar surface area (TPSA) is 14.1 Å². The Labute approximate surface area is 144 Å². The normalized spacial score (nSPS) is 10.3. The molecule has 0 bridgehead atoms. The summed E-state index contributed by atoms with van der Waals surface area (Å²) in [5.74, 6) is 0. The number of rotatable bonds is 9. The minimum atomic E-state index is -0.839. The second kappa shape index (κ2) is 13.0. The van der Waals surface area contributed by atoms with Crippen molar-refractivity contribution in [3.63, 3.8) is 0 Å².